The summed E-state index contributed by atoms with van der Waals surface area (Å²) in [5, 5.41) is 3.15. The second-order valence-corrected chi connectivity index (χ2v) is 5.76. The van der Waals surface area contributed by atoms with E-state index in [2.05, 4.69) is 36.8 Å². The van der Waals surface area contributed by atoms with Gasteiger partial charge in [0.05, 0.1) is 6.04 Å². The summed E-state index contributed by atoms with van der Waals surface area (Å²) in [6.45, 7) is 6.19. The summed E-state index contributed by atoms with van der Waals surface area (Å²) in [5.41, 5.74) is 1.91. The second-order valence-electron chi connectivity index (χ2n) is 4.87. The minimum Gasteiger partial charge on any atom is -0.320 e. The fourth-order valence-corrected chi connectivity index (χ4v) is 3.05. The van der Waals surface area contributed by atoms with Crippen molar-refractivity contribution in [2.24, 2.45) is 0 Å². The largest absolute Gasteiger partial charge is 0.320 e. The summed E-state index contributed by atoms with van der Waals surface area (Å²) in [6.07, 6.45) is 6.39. The van der Waals surface area contributed by atoms with Gasteiger partial charge >= 0.3 is 0 Å². The molecule has 0 aliphatic carbocycles. The number of thiazole rings is 1. The Bertz CT molecular complexity index is 746. The molecule has 3 heterocycles. The van der Waals surface area contributed by atoms with Gasteiger partial charge in [0.25, 0.3) is 0 Å². The van der Waals surface area contributed by atoms with Crippen molar-refractivity contribution in [3.63, 3.8) is 0 Å². The number of nitrogens with zero attached hydrogens (tertiary/aromatic N) is 5. The Morgan fingerprint density at radius 3 is 2.81 bits per heavy atom. The van der Waals surface area contributed by atoms with Crippen LogP contribution in [-0.2, 0) is 6.42 Å². The van der Waals surface area contributed by atoms with E-state index in [0.717, 1.165) is 34.5 Å². The number of aryl methyl sites for hydroxylation is 2. The van der Waals surface area contributed by atoms with Crippen molar-refractivity contribution >= 4 is 11.3 Å². The van der Waals surface area contributed by atoms with Crippen LogP contribution in [-0.4, -0.2) is 24.5 Å². The maximum atomic E-state index is 4.57. The van der Waals surface area contributed by atoms with Gasteiger partial charge in [-0.1, -0.05) is 6.92 Å². The standard InChI is InChI=1S/C15H17N5S/c1-4-13-16-6-5-12(19-13)14-17-7-8-20(14)11(3)15-18-10(2)9-21-15/h5-9,11H,4H2,1-3H3/t11-/m1/s1. The van der Waals surface area contributed by atoms with E-state index in [1.807, 2.05) is 26.1 Å². The number of aromatic nitrogens is 5. The van der Waals surface area contributed by atoms with E-state index in [4.69, 9.17) is 0 Å². The van der Waals surface area contributed by atoms with Gasteiger partial charge in [-0.25, -0.2) is 19.9 Å². The Balaban J connectivity index is 2.00. The van der Waals surface area contributed by atoms with Gasteiger partial charge < -0.3 is 4.57 Å². The van der Waals surface area contributed by atoms with Gasteiger partial charge in [-0.15, -0.1) is 11.3 Å². The van der Waals surface area contributed by atoms with E-state index < -0.39 is 0 Å². The molecule has 5 nitrogen and oxygen atoms in total. The zero-order valence-corrected chi connectivity index (χ0v) is 13.1. The maximum Gasteiger partial charge on any atom is 0.159 e. The second kappa shape index (κ2) is 5.73. The summed E-state index contributed by atoms with van der Waals surface area (Å²) in [4.78, 5) is 17.8. The van der Waals surface area contributed by atoms with Gasteiger partial charge in [-0.2, -0.15) is 0 Å². The molecular formula is C15H17N5S. The molecule has 108 valence electrons. The molecule has 0 spiro atoms. The van der Waals surface area contributed by atoms with Crippen LogP contribution in [0.15, 0.2) is 30.0 Å². The first-order valence-electron chi connectivity index (χ1n) is 6.96. The number of imidazole rings is 1. The lowest BCUT2D eigenvalue weighted by atomic mass is 10.3. The van der Waals surface area contributed by atoms with Crippen molar-refractivity contribution in [3.8, 4) is 11.5 Å². The fraction of sp³-hybridized carbons (Fsp3) is 0.333. The zero-order chi connectivity index (χ0) is 14.8. The third kappa shape index (κ3) is 2.71. The van der Waals surface area contributed by atoms with Crippen LogP contribution in [0.5, 0.6) is 0 Å². The van der Waals surface area contributed by atoms with Crippen molar-refractivity contribution in [2.75, 3.05) is 0 Å². The molecule has 21 heavy (non-hydrogen) atoms. The third-order valence-electron chi connectivity index (χ3n) is 3.33. The van der Waals surface area contributed by atoms with Gasteiger partial charge in [0.2, 0.25) is 0 Å². The first kappa shape index (κ1) is 13.9. The summed E-state index contributed by atoms with van der Waals surface area (Å²) in [7, 11) is 0. The molecule has 0 saturated carbocycles. The molecule has 3 aromatic rings. The highest BCUT2D eigenvalue weighted by Crippen LogP contribution is 2.26. The molecule has 3 rings (SSSR count). The topological polar surface area (TPSA) is 56.5 Å². The highest BCUT2D eigenvalue weighted by Gasteiger charge is 2.17. The molecule has 0 N–H and O–H groups in total. The lowest BCUT2D eigenvalue weighted by Crippen LogP contribution is -2.08. The first-order valence-corrected chi connectivity index (χ1v) is 7.84. The number of hydrogen-bond acceptors (Lipinski definition) is 5. The molecule has 0 saturated heterocycles. The first-order chi connectivity index (χ1) is 10.2. The average molecular weight is 299 g/mol. The number of rotatable bonds is 4. The van der Waals surface area contributed by atoms with Crippen LogP contribution in [0.3, 0.4) is 0 Å². The van der Waals surface area contributed by atoms with Gasteiger partial charge in [0.15, 0.2) is 5.82 Å². The molecule has 6 heteroatoms. The van der Waals surface area contributed by atoms with E-state index in [0.29, 0.717) is 0 Å². The zero-order valence-electron chi connectivity index (χ0n) is 12.3. The molecule has 0 aliphatic rings. The highest BCUT2D eigenvalue weighted by molar-refractivity contribution is 7.09. The van der Waals surface area contributed by atoms with Crippen LogP contribution in [0.25, 0.3) is 11.5 Å². The van der Waals surface area contributed by atoms with E-state index >= 15 is 0 Å². The van der Waals surface area contributed by atoms with Gasteiger partial charge in [0.1, 0.15) is 16.5 Å². The van der Waals surface area contributed by atoms with Crippen molar-refractivity contribution in [2.45, 2.75) is 33.2 Å². The lowest BCUT2D eigenvalue weighted by molar-refractivity contribution is 0.638. The summed E-state index contributed by atoms with van der Waals surface area (Å²) < 4.78 is 2.11. The molecular weight excluding hydrogens is 282 g/mol. The van der Waals surface area contributed by atoms with Crippen molar-refractivity contribution in [1.29, 1.82) is 0 Å². The van der Waals surface area contributed by atoms with Crippen molar-refractivity contribution in [1.82, 2.24) is 24.5 Å². The van der Waals surface area contributed by atoms with Crippen LogP contribution in [0.1, 0.15) is 36.4 Å². The van der Waals surface area contributed by atoms with Crippen LogP contribution in [0.2, 0.25) is 0 Å². The predicted octanol–water partition coefficient (Wildman–Crippen LogP) is 3.28. The molecule has 3 aromatic heterocycles. The molecule has 0 bridgehead atoms. The van der Waals surface area contributed by atoms with Crippen LogP contribution in [0.4, 0.5) is 0 Å². The molecule has 0 fully saturated rings. The van der Waals surface area contributed by atoms with E-state index in [-0.39, 0.29) is 6.04 Å². The Labute approximate surface area is 127 Å². The molecule has 0 aliphatic heterocycles. The summed E-state index contributed by atoms with van der Waals surface area (Å²) in [6, 6.07) is 2.04. The van der Waals surface area contributed by atoms with Crippen molar-refractivity contribution in [3.05, 3.63) is 46.6 Å². The smallest absolute Gasteiger partial charge is 0.159 e. The SMILES string of the molecule is CCc1nccc(-c2nccn2[C@H](C)c2nc(C)cs2)n1. The highest BCUT2D eigenvalue weighted by atomic mass is 32.1. The Morgan fingerprint density at radius 1 is 1.24 bits per heavy atom. The van der Waals surface area contributed by atoms with E-state index in [1.54, 1.807) is 23.7 Å². The number of hydrogen-bond donors (Lipinski definition) is 0. The maximum absolute atomic E-state index is 4.57. The molecule has 0 radical (unpaired) electrons. The monoisotopic (exact) mass is 299 g/mol. The molecule has 0 aromatic carbocycles. The molecule has 0 amide bonds. The van der Waals surface area contributed by atoms with Crippen molar-refractivity contribution < 1.29 is 0 Å². The van der Waals surface area contributed by atoms with Crippen LogP contribution in [0, 0.1) is 6.92 Å². The quantitative estimate of drug-likeness (QED) is 0.742. The van der Waals surface area contributed by atoms with E-state index in [9.17, 15) is 0 Å². The predicted molar refractivity (Wildman–Crippen MR) is 83.3 cm³/mol. The Hall–Kier alpha value is -2.08. The minimum atomic E-state index is 0.140. The molecule has 1 atom stereocenters. The average Bonchev–Trinajstić information content (AvgIpc) is 3.15. The Morgan fingerprint density at radius 2 is 2.10 bits per heavy atom. The van der Waals surface area contributed by atoms with Crippen LogP contribution >= 0.6 is 11.3 Å². The van der Waals surface area contributed by atoms with Gasteiger partial charge in [0, 0.05) is 36.1 Å². The van der Waals surface area contributed by atoms with Gasteiger partial charge in [-0.05, 0) is 19.9 Å². The lowest BCUT2D eigenvalue weighted by Gasteiger charge is -2.14. The molecule has 0 unspecified atom stereocenters. The minimum absolute atomic E-state index is 0.140. The summed E-state index contributed by atoms with van der Waals surface area (Å²) >= 11 is 1.67. The van der Waals surface area contributed by atoms with Gasteiger partial charge in [-0.3, -0.25) is 0 Å². The summed E-state index contributed by atoms with van der Waals surface area (Å²) in [5.74, 6) is 1.69. The fourth-order valence-electron chi connectivity index (χ4n) is 2.20. The van der Waals surface area contributed by atoms with E-state index in [1.165, 1.54) is 0 Å². The van der Waals surface area contributed by atoms with Crippen LogP contribution < -0.4 is 0 Å². The Kier molecular flexibility index (Phi) is 3.79. The normalized spacial score (nSPS) is 12.5. The third-order valence-corrected chi connectivity index (χ3v) is 4.46.